The van der Waals surface area contributed by atoms with Gasteiger partial charge in [0.1, 0.15) is 0 Å². The highest BCUT2D eigenvalue weighted by Gasteiger charge is 2.30. The molecule has 0 amide bonds. The summed E-state index contributed by atoms with van der Waals surface area (Å²) in [4.78, 5) is 9.00. The van der Waals surface area contributed by atoms with E-state index in [0.29, 0.717) is 6.04 Å². The predicted octanol–water partition coefficient (Wildman–Crippen LogP) is 2.86. The zero-order chi connectivity index (χ0) is 15.5. The first-order valence-electron chi connectivity index (χ1n) is 7.97. The van der Waals surface area contributed by atoms with Crippen molar-refractivity contribution < 1.29 is 4.52 Å². The van der Waals surface area contributed by atoms with Gasteiger partial charge < -0.3 is 9.42 Å². The molecular weight excluding hydrogens is 276 g/mol. The summed E-state index contributed by atoms with van der Waals surface area (Å²) in [6.07, 6.45) is 3.34. The van der Waals surface area contributed by atoms with E-state index in [4.69, 9.17) is 4.52 Å². The standard InChI is InChI=1S/C17H24N4O/c1-4-17-18-16(19-22-17)12-21(15-9-10-15)11-13-5-7-14(8-6-13)20(2)3/h5-8,15H,4,9-12H2,1-3H3. The van der Waals surface area contributed by atoms with Gasteiger partial charge in [0.05, 0.1) is 6.54 Å². The third kappa shape index (κ3) is 3.65. The lowest BCUT2D eigenvalue weighted by molar-refractivity contribution is 0.235. The molecule has 1 aromatic carbocycles. The van der Waals surface area contributed by atoms with Crippen molar-refractivity contribution >= 4 is 5.69 Å². The molecule has 0 bridgehead atoms. The molecule has 118 valence electrons. The van der Waals surface area contributed by atoms with Gasteiger partial charge in [-0.15, -0.1) is 0 Å². The summed E-state index contributed by atoms with van der Waals surface area (Å²) in [7, 11) is 4.13. The highest BCUT2D eigenvalue weighted by Crippen LogP contribution is 2.29. The fraction of sp³-hybridized carbons (Fsp3) is 0.529. The summed E-state index contributed by atoms with van der Waals surface area (Å²) in [5.74, 6) is 1.52. The topological polar surface area (TPSA) is 45.4 Å². The van der Waals surface area contributed by atoms with E-state index in [1.807, 2.05) is 6.92 Å². The Morgan fingerprint density at radius 2 is 1.86 bits per heavy atom. The quantitative estimate of drug-likeness (QED) is 0.787. The molecule has 0 atom stereocenters. The molecule has 0 N–H and O–H groups in total. The van der Waals surface area contributed by atoms with Crippen LogP contribution in [-0.2, 0) is 19.5 Å². The summed E-state index contributed by atoms with van der Waals surface area (Å²) in [5.41, 5.74) is 2.56. The number of benzene rings is 1. The molecule has 1 saturated carbocycles. The van der Waals surface area contributed by atoms with Crippen LogP contribution in [0.3, 0.4) is 0 Å². The van der Waals surface area contributed by atoms with Gasteiger partial charge >= 0.3 is 0 Å². The Kier molecular flexibility index (Phi) is 4.43. The van der Waals surface area contributed by atoms with Crippen LogP contribution in [0.15, 0.2) is 28.8 Å². The van der Waals surface area contributed by atoms with Gasteiger partial charge in [-0.3, -0.25) is 4.90 Å². The normalized spacial score (nSPS) is 14.5. The van der Waals surface area contributed by atoms with Gasteiger partial charge in [0.15, 0.2) is 5.82 Å². The number of anilines is 1. The van der Waals surface area contributed by atoms with Crippen molar-refractivity contribution in [3.63, 3.8) is 0 Å². The highest BCUT2D eigenvalue weighted by molar-refractivity contribution is 5.45. The molecule has 0 spiro atoms. The average molecular weight is 300 g/mol. The molecule has 22 heavy (non-hydrogen) atoms. The van der Waals surface area contributed by atoms with Crippen molar-refractivity contribution in [3.05, 3.63) is 41.5 Å². The van der Waals surface area contributed by atoms with E-state index in [-0.39, 0.29) is 0 Å². The van der Waals surface area contributed by atoms with Crippen LogP contribution in [-0.4, -0.2) is 35.2 Å². The van der Waals surface area contributed by atoms with E-state index >= 15 is 0 Å². The molecule has 0 aliphatic heterocycles. The Bertz CT molecular complexity index is 601. The van der Waals surface area contributed by atoms with Gasteiger partial charge in [-0.1, -0.05) is 24.2 Å². The van der Waals surface area contributed by atoms with Crippen molar-refractivity contribution in [2.75, 3.05) is 19.0 Å². The number of nitrogens with zero attached hydrogens (tertiary/aromatic N) is 4. The molecule has 1 fully saturated rings. The lowest BCUT2D eigenvalue weighted by Gasteiger charge is -2.21. The maximum atomic E-state index is 5.21. The SMILES string of the molecule is CCc1nc(CN(Cc2ccc(N(C)C)cc2)C2CC2)no1. The lowest BCUT2D eigenvalue weighted by atomic mass is 10.2. The van der Waals surface area contributed by atoms with Crippen LogP contribution in [0.5, 0.6) is 0 Å². The molecule has 1 heterocycles. The van der Waals surface area contributed by atoms with E-state index in [1.165, 1.54) is 24.1 Å². The number of aryl methyl sites for hydroxylation is 1. The molecule has 1 aliphatic carbocycles. The van der Waals surface area contributed by atoms with Crippen LogP contribution in [0, 0.1) is 0 Å². The first-order valence-corrected chi connectivity index (χ1v) is 7.97. The summed E-state index contributed by atoms with van der Waals surface area (Å²) in [6.45, 7) is 3.74. The Labute approximate surface area is 131 Å². The Morgan fingerprint density at radius 1 is 1.14 bits per heavy atom. The number of aromatic nitrogens is 2. The molecule has 5 nitrogen and oxygen atoms in total. The number of rotatable bonds is 7. The molecule has 2 aromatic rings. The Balaban J connectivity index is 1.66. The van der Waals surface area contributed by atoms with Gasteiger partial charge in [-0.05, 0) is 30.5 Å². The minimum atomic E-state index is 0.664. The fourth-order valence-corrected chi connectivity index (χ4v) is 2.57. The largest absolute Gasteiger partial charge is 0.378 e. The van der Waals surface area contributed by atoms with Gasteiger partial charge in [-0.2, -0.15) is 4.98 Å². The van der Waals surface area contributed by atoms with Crippen LogP contribution in [0.4, 0.5) is 5.69 Å². The van der Waals surface area contributed by atoms with Crippen LogP contribution in [0.2, 0.25) is 0 Å². The summed E-state index contributed by atoms with van der Waals surface area (Å²) in [6, 6.07) is 9.42. The predicted molar refractivity (Wildman–Crippen MR) is 86.7 cm³/mol. The van der Waals surface area contributed by atoms with Crippen molar-refractivity contribution in [3.8, 4) is 0 Å². The zero-order valence-corrected chi connectivity index (χ0v) is 13.6. The van der Waals surface area contributed by atoms with Gasteiger partial charge in [0.2, 0.25) is 5.89 Å². The minimum absolute atomic E-state index is 0.664. The smallest absolute Gasteiger partial charge is 0.226 e. The monoisotopic (exact) mass is 300 g/mol. The van der Waals surface area contributed by atoms with E-state index in [0.717, 1.165) is 31.2 Å². The Hall–Kier alpha value is -1.88. The summed E-state index contributed by atoms with van der Waals surface area (Å²) < 4.78 is 5.21. The third-order valence-electron chi connectivity index (χ3n) is 4.06. The maximum absolute atomic E-state index is 5.21. The van der Waals surface area contributed by atoms with E-state index in [1.54, 1.807) is 0 Å². The van der Waals surface area contributed by atoms with Crippen molar-refractivity contribution in [1.82, 2.24) is 15.0 Å². The second-order valence-electron chi connectivity index (χ2n) is 6.15. The highest BCUT2D eigenvalue weighted by atomic mass is 16.5. The molecule has 3 rings (SSSR count). The van der Waals surface area contributed by atoms with Crippen LogP contribution < -0.4 is 4.90 Å². The van der Waals surface area contributed by atoms with E-state index in [2.05, 4.69) is 58.3 Å². The van der Waals surface area contributed by atoms with Crippen molar-refractivity contribution in [2.24, 2.45) is 0 Å². The molecule has 5 heteroatoms. The first-order chi connectivity index (χ1) is 10.7. The first kappa shape index (κ1) is 15.0. The van der Waals surface area contributed by atoms with Crippen LogP contribution >= 0.6 is 0 Å². The molecule has 1 aliphatic rings. The molecule has 0 unspecified atom stereocenters. The van der Waals surface area contributed by atoms with Gasteiger partial charge in [0, 0.05) is 38.8 Å². The zero-order valence-electron chi connectivity index (χ0n) is 13.6. The molecule has 0 radical (unpaired) electrons. The second kappa shape index (κ2) is 6.48. The summed E-state index contributed by atoms with van der Waals surface area (Å²) >= 11 is 0. The van der Waals surface area contributed by atoms with Crippen molar-refractivity contribution in [1.29, 1.82) is 0 Å². The Morgan fingerprint density at radius 3 is 2.41 bits per heavy atom. The van der Waals surface area contributed by atoms with Gasteiger partial charge in [0.25, 0.3) is 0 Å². The maximum Gasteiger partial charge on any atom is 0.226 e. The minimum Gasteiger partial charge on any atom is -0.378 e. The van der Waals surface area contributed by atoms with E-state index < -0.39 is 0 Å². The fourth-order valence-electron chi connectivity index (χ4n) is 2.57. The second-order valence-corrected chi connectivity index (χ2v) is 6.15. The van der Waals surface area contributed by atoms with Crippen LogP contribution in [0.25, 0.3) is 0 Å². The van der Waals surface area contributed by atoms with Gasteiger partial charge in [-0.25, -0.2) is 0 Å². The summed E-state index contributed by atoms with van der Waals surface area (Å²) in [5, 5.41) is 4.08. The molecule has 1 aromatic heterocycles. The van der Waals surface area contributed by atoms with E-state index in [9.17, 15) is 0 Å². The van der Waals surface area contributed by atoms with Crippen LogP contribution in [0.1, 0.15) is 37.0 Å². The van der Waals surface area contributed by atoms with Crippen molar-refractivity contribution in [2.45, 2.75) is 45.3 Å². The number of hydrogen-bond acceptors (Lipinski definition) is 5. The third-order valence-corrected chi connectivity index (χ3v) is 4.06. The molecule has 0 saturated heterocycles. The number of hydrogen-bond donors (Lipinski definition) is 0. The lowest BCUT2D eigenvalue weighted by Crippen LogP contribution is -2.25. The molecular formula is C17H24N4O. The average Bonchev–Trinajstić information content (AvgIpc) is 3.27.